The molecule has 0 radical (unpaired) electrons. The largest absolute Gasteiger partial charge is 0.390 e. The van der Waals surface area contributed by atoms with Crippen molar-refractivity contribution in [1.82, 2.24) is 43.6 Å². The first-order valence-corrected chi connectivity index (χ1v) is 26.3. The molecule has 5 N–H and O–H groups in total. The number of nitrogens with one attached hydrogen (secondary N) is 3. The first-order valence-electron chi connectivity index (χ1n) is 25.1. The Morgan fingerprint density at radius 2 is 1.12 bits per heavy atom. The summed E-state index contributed by atoms with van der Waals surface area (Å²) in [4.78, 5) is 64.1. The maximum absolute atomic E-state index is 13.3. The average molecular weight is 1100 g/mol. The first-order chi connectivity index (χ1) is 35.8. The number of hydrogen-bond donors (Lipinski definition) is 5. The summed E-state index contributed by atoms with van der Waals surface area (Å²) in [6.45, 7) is 14.6. The number of hydrogen-bond acceptors (Lipinski definition) is 11. The summed E-state index contributed by atoms with van der Waals surface area (Å²) in [5.74, 6) is 0.187. The number of aromatic nitrogens is 9. The minimum atomic E-state index is -1.29. The third-order valence-corrected chi connectivity index (χ3v) is 14.0. The van der Waals surface area contributed by atoms with E-state index in [0.717, 1.165) is 54.7 Å². The van der Waals surface area contributed by atoms with Gasteiger partial charge < -0.3 is 10.2 Å². The third-order valence-electron chi connectivity index (χ3n) is 12.9. The topological polar surface area (TPSA) is 220 Å². The van der Waals surface area contributed by atoms with Crippen LogP contribution < -0.4 is 16.0 Å². The molecule has 21 heteroatoms. The van der Waals surface area contributed by atoms with Crippen LogP contribution in [0.25, 0.3) is 39.2 Å². The smallest absolute Gasteiger partial charge is 0.229 e. The molecule has 6 heterocycles. The van der Waals surface area contributed by atoms with Crippen molar-refractivity contribution < 1.29 is 29.0 Å². The second kappa shape index (κ2) is 22.6. The summed E-state index contributed by atoms with van der Waals surface area (Å²) in [5, 5.41) is 30.2. The Labute approximate surface area is 454 Å². The molecule has 3 amide bonds. The molecule has 8 aromatic rings. The average Bonchev–Trinajstić information content (AvgIpc) is 3.93. The normalized spacial score (nSPS) is 14.7. The number of fused-ring (bicyclic) bond motifs is 3. The van der Waals surface area contributed by atoms with Crippen LogP contribution in [0.1, 0.15) is 128 Å². The fraction of sp³-hybridized carbons (Fsp3) is 0.400. The highest BCUT2D eigenvalue weighted by molar-refractivity contribution is 6.41. The van der Waals surface area contributed by atoms with E-state index < -0.39 is 11.2 Å². The Hall–Kier alpha value is -6.57. The van der Waals surface area contributed by atoms with Crippen molar-refractivity contribution in [2.75, 3.05) is 16.0 Å². The fourth-order valence-corrected chi connectivity index (χ4v) is 9.21. The Morgan fingerprint density at radius 1 is 0.605 bits per heavy atom. The molecule has 10 rings (SSSR count). The second-order valence-corrected chi connectivity index (χ2v) is 22.7. The van der Waals surface area contributed by atoms with Crippen LogP contribution in [0.2, 0.25) is 15.2 Å². The van der Waals surface area contributed by atoms with E-state index in [0.29, 0.717) is 68.0 Å². The van der Waals surface area contributed by atoms with Crippen LogP contribution in [0, 0.1) is 25.1 Å². The zero-order valence-electron chi connectivity index (χ0n) is 43.7. The molecule has 2 aromatic carbocycles. The Balaban J connectivity index is 0.000000152. The summed E-state index contributed by atoms with van der Waals surface area (Å²) in [7, 11) is 0. The van der Waals surface area contributed by atoms with E-state index in [-0.39, 0.29) is 58.9 Å². The minimum absolute atomic E-state index is 0.0174. The summed E-state index contributed by atoms with van der Waals surface area (Å²) in [6.07, 6.45) is 6.75. The number of carbonyl (C=O) groups is 3. The predicted octanol–water partition coefficient (Wildman–Crippen LogP) is 12.2. The van der Waals surface area contributed by atoms with Gasteiger partial charge in [0.2, 0.25) is 35.6 Å². The second-order valence-electron chi connectivity index (χ2n) is 21.5. The lowest BCUT2D eigenvalue weighted by atomic mass is 9.92. The van der Waals surface area contributed by atoms with Gasteiger partial charge in [-0.15, -0.1) is 0 Å². The van der Waals surface area contributed by atoms with Crippen molar-refractivity contribution in [1.29, 1.82) is 0 Å². The monoisotopic (exact) mass is 1090 g/mol. The first kappa shape index (κ1) is 55.7. The number of rotatable bonds is 12. The standard InChI is InChI=1S/C20H20Cl2N4O2.C18H19FN4O2.C17H23ClN4O/c1-20(28,12-6-3-2-4-7-12)11-16(27)24-19-23-15-10-14(21)17(22)25-18(15)26(19)13-8-5-9-13;1-11-4-9-14-16(20-11)23(13-7-5-12(19)6-8-13)17(21-14)22-15(24)10-18(2,3)25;1-10-12(18)8-13-15(19-10)22(11-6-5-7-11)16(20-13)21-14(23)9-17(2,3)4/h2-4,6-7,10,13,28H,5,8-9,11H2,1H3,(H,23,24,27);4-9,25H,10H2,1-3H3,(H,21,22,24);8,11H,5-7,9H2,1-4H3,(H,20,21,23)/t20-;;/m1../s1. The number of aryl methyl sites for hydroxylation is 2. The zero-order valence-corrected chi connectivity index (χ0v) is 45.9. The van der Waals surface area contributed by atoms with E-state index in [9.17, 15) is 29.0 Å². The highest BCUT2D eigenvalue weighted by Gasteiger charge is 2.31. The maximum atomic E-state index is 13.3. The van der Waals surface area contributed by atoms with Crippen LogP contribution >= 0.6 is 34.8 Å². The minimum Gasteiger partial charge on any atom is -0.390 e. The van der Waals surface area contributed by atoms with Gasteiger partial charge in [0.1, 0.15) is 27.5 Å². The lowest BCUT2D eigenvalue weighted by molar-refractivity contribution is -0.121. The molecule has 76 heavy (non-hydrogen) atoms. The lowest BCUT2D eigenvalue weighted by Gasteiger charge is -2.29. The molecule has 0 saturated heterocycles. The van der Waals surface area contributed by atoms with Gasteiger partial charge in [-0.1, -0.05) is 85.9 Å². The van der Waals surface area contributed by atoms with Gasteiger partial charge in [-0.3, -0.25) is 44.0 Å². The lowest BCUT2D eigenvalue weighted by Crippen LogP contribution is -2.30. The van der Waals surface area contributed by atoms with Crippen LogP contribution in [-0.2, 0) is 20.0 Å². The van der Waals surface area contributed by atoms with Gasteiger partial charge in [0.05, 0.1) is 45.5 Å². The van der Waals surface area contributed by atoms with Crippen molar-refractivity contribution in [3.05, 3.63) is 117 Å². The molecule has 2 fully saturated rings. The number of halogens is 4. The molecule has 0 aliphatic heterocycles. The van der Waals surface area contributed by atoms with Crippen molar-refractivity contribution in [2.45, 2.75) is 136 Å². The van der Waals surface area contributed by atoms with E-state index in [1.54, 1.807) is 55.7 Å². The molecular formula is C55H62Cl3FN12O5. The van der Waals surface area contributed by atoms with Gasteiger partial charge in [0.15, 0.2) is 16.9 Å². The van der Waals surface area contributed by atoms with Crippen LogP contribution in [0.3, 0.4) is 0 Å². The molecule has 0 unspecified atom stereocenters. The molecule has 2 aliphatic rings. The van der Waals surface area contributed by atoms with Gasteiger partial charge in [-0.05, 0) is 133 Å². The van der Waals surface area contributed by atoms with Crippen LogP contribution in [0.15, 0.2) is 78.9 Å². The molecule has 17 nitrogen and oxygen atoms in total. The van der Waals surface area contributed by atoms with Gasteiger partial charge in [0.25, 0.3) is 0 Å². The van der Waals surface area contributed by atoms with Crippen molar-refractivity contribution in [3.8, 4) is 5.69 Å². The van der Waals surface area contributed by atoms with Crippen LogP contribution in [0.4, 0.5) is 22.2 Å². The number of anilines is 3. The summed E-state index contributed by atoms with van der Waals surface area (Å²) in [5.41, 5.74) is 4.29. The van der Waals surface area contributed by atoms with Crippen LogP contribution in [0.5, 0.6) is 0 Å². The molecular weight excluding hydrogens is 1030 g/mol. The molecule has 6 aromatic heterocycles. The van der Waals surface area contributed by atoms with Crippen LogP contribution in [-0.4, -0.2) is 77.1 Å². The van der Waals surface area contributed by atoms with E-state index in [2.05, 4.69) is 50.4 Å². The number of nitrogens with zero attached hydrogens (tertiary/aromatic N) is 9. The number of pyridine rings is 3. The predicted molar refractivity (Wildman–Crippen MR) is 296 cm³/mol. The number of imidazole rings is 3. The van der Waals surface area contributed by atoms with Gasteiger partial charge in [-0.25, -0.2) is 34.3 Å². The Bertz CT molecular complexity index is 3430. The molecule has 2 saturated carbocycles. The quantitative estimate of drug-likeness (QED) is 0.0724. The summed E-state index contributed by atoms with van der Waals surface area (Å²) in [6, 6.07) is 22.6. The molecule has 2 aliphatic carbocycles. The molecule has 0 spiro atoms. The van der Waals surface area contributed by atoms with Crippen molar-refractivity contribution in [3.63, 3.8) is 0 Å². The van der Waals surface area contributed by atoms with Gasteiger partial charge in [0, 0.05) is 24.2 Å². The Kier molecular flexibility index (Phi) is 16.5. The SMILES string of the molecule is C[C@@](O)(CC(=O)Nc1nc2cc(Cl)c(Cl)nc2n1C1CCC1)c1ccccc1.Cc1ccc2nc(NC(=O)CC(C)(C)O)n(-c3ccc(F)cc3)c2n1.Cc1nc2c(cc1Cl)nc(NC(=O)CC(C)(C)C)n2C1CCC1. The van der Waals surface area contributed by atoms with E-state index >= 15 is 0 Å². The van der Waals surface area contributed by atoms with E-state index in [1.165, 1.54) is 18.6 Å². The third kappa shape index (κ3) is 13.3. The number of amides is 3. The van der Waals surface area contributed by atoms with Gasteiger partial charge in [-0.2, -0.15) is 0 Å². The van der Waals surface area contributed by atoms with Gasteiger partial charge >= 0.3 is 0 Å². The van der Waals surface area contributed by atoms with Crippen molar-refractivity contribution in [2.24, 2.45) is 5.41 Å². The number of benzene rings is 2. The summed E-state index contributed by atoms with van der Waals surface area (Å²) >= 11 is 18.3. The van der Waals surface area contributed by atoms with Crippen molar-refractivity contribution >= 4 is 104 Å². The Morgan fingerprint density at radius 3 is 1.66 bits per heavy atom. The maximum Gasteiger partial charge on any atom is 0.229 e. The highest BCUT2D eigenvalue weighted by atomic mass is 35.5. The number of carbonyl (C=O) groups excluding carboxylic acids is 3. The molecule has 1 atom stereocenters. The fourth-order valence-electron chi connectivity index (χ4n) is 8.78. The molecule has 400 valence electrons. The highest BCUT2D eigenvalue weighted by Crippen LogP contribution is 2.40. The van der Waals surface area contributed by atoms with E-state index in [4.69, 9.17) is 34.8 Å². The zero-order chi connectivity index (χ0) is 54.9. The summed E-state index contributed by atoms with van der Waals surface area (Å²) < 4.78 is 18.9. The molecule has 0 bridgehead atoms. The van der Waals surface area contributed by atoms with E-state index in [1.807, 2.05) is 75.6 Å². The number of aliphatic hydroxyl groups is 2.